The van der Waals surface area contributed by atoms with E-state index in [0.717, 1.165) is 45.6 Å². The maximum Gasteiger partial charge on any atom is 0.310 e. The summed E-state index contributed by atoms with van der Waals surface area (Å²) >= 11 is 0. The van der Waals surface area contributed by atoms with Gasteiger partial charge in [-0.15, -0.1) is 0 Å². The zero-order chi connectivity index (χ0) is 16.1. The second-order valence-corrected chi connectivity index (χ2v) is 6.75. The predicted molar refractivity (Wildman–Crippen MR) is 91.1 cm³/mol. The molecule has 2 fully saturated rings. The largest absolute Gasteiger partial charge is 0.466 e. The Morgan fingerprint density at radius 1 is 1.17 bits per heavy atom. The van der Waals surface area contributed by atoms with Crippen molar-refractivity contribution in [2.75, 3.05) is 32.8 Å². The quantitative estimate of drug-likeness (QED) is 0.782. The van der Waals surface area contributed by atoms with Crippen LogP contribution in [-0.4, -0.2) is 54.6 Å². The number of hydrogen-bond donors (Lipinski definition) is 0. The van der Waals surface area contributed by atoms with Crippen LogP contribution in [0.25, 0.3) is 0 Å². The Balaban J connectivity index is 1.51. The van der Waals surface area contributed by atoms with Crippen LogP contribution in [0.5, 0.6) is 0 Å². The highest BCUT2D eigenvalue weighted by Crippen LogP contribution is 2.25. The average molecular weight is 316 g/mol. The molecule has 0 spiro atoms. The van der Waals surface area contributed by atoms with Gasteiger partial charge in [0, 0.05) is 32.2 Å². The lowest BCUT2D eigenvalue weighted by atomic mass is 9.96. The van der Waals surface area contributed by atoms with Crippen LogP contribution in [0, 0.1) is 5.92 Å². The molecule has 2 aliphatic rings. The number of esters is 1. The Kier molecular flexibility index (Phi) is 5.68. The molecule has 3 rings (SSSR count). The number of carbonyl (C=O) groups is 1. The van der Waals surface area contributed by atoms with E-state index in [1.165, 1.54) is 12.0 Å². The van der Waals surface area contributed by atoms with E-state index in [4.69, 9.17) is 4.74 Å². The van der Waals surface area contributed by atoms with Gasteiger partial charge < -0.3 is 4.74 Å². The molecule has 23 heavy (non-hydrogen) atoms. The van der Waals surface area contributed by atoms with E-state index in [0.29, 0.717) is 12.6 Å². The molecule has 0 aromatic heterocycles. The second kappa shape index (κ2) is 7.93. The summed E-state index contributed by atoms with van der Waals surface area (Å²) in [6, 6.07) is 11.3. The molecule has 1 aromatic carbocycles. The van der Waals surface area contributed by atoms with Gasteiger partial charge in [-0.1, -0.05) is 30.3 Å². The van der Waals surface area contributed by atoms with Gasteiger partial charge in [-0.05, 0) is 38.3 Å². The fourth-order valence-corrected chi connectivity index (χ4v) is 3.89. The third kappa shape index (κ3) is 4.33. The Hall–Kier alpha value is -1.39. The molecule has 2 aliphatic heterocycles. The highest BCUT2D eigenvalue weighted by molar-refractivity contribution is 5.72. The maximum absolute atomic E-state index is 12.0. The van der Waals surface area contributed by atoms with E-state index >= 15 is 0 Å². The van der Waals surface area contributed by atoms with Crippen molar-refractivity contribution in [1.82, 2.24) is 9.80 Å². The van der Waals surface area contributed by atoms with Gasteiger partial charge in [0.2, 0.25) is 0 Å². The first-order valence-electron chi connectivity index (χ1n) is 8.93. The van der Waals surface area contributed by atoms with E-state index in [2.05, 4.69) is 40.1 Å². The molecule has 0 radical (unpaired) electrons. The topological polar surface area (TPSA) is 32.8 Å². The van der Waals surface area contributed by atoms with Crippen LogP contribution in [0.4, 0.5) is 0 Å². The first kappa shape index (κ1) is 16.5. The fraction of sp³-hybridized carbons (Fsp3) is 0.632. The van der Waals surface area contributed by atoms with Gasteiger partial charge in [-0.25, -0.2) is 0 Å². The summed E-state index contributed by atoms with van der Waals surface area (Å²) in [6.07, 6.45) is 3.30. The normalized spacial score (nSPS) is 26.3. The van der Waals surface area contributed by atoms with Crippen molar-refractivity contribution < 1.29 is 9.53 Å². The summed E-state index contributed by atoms with van der Waals surface area (Å²) < 4.78 is 5.22. The van der Waals surface area contributed by atoms with E-state index in [1.54, 1.807) is 0 Å². The van der Waals surface area contributed by atoms with Crippen LogP contribution in [0.15, 0.2) is 30.3 Å². The van der Waals surface area contributed by atoms with Crippen LogP contribution < -0.4 is 0 Å². The Morgan fingerprint density at radius 2 is 2.00 bits per heavy atom. The van der Waals surface area contributed by atoms with Crippen molar-refractivity contribution in [1.29, 1.82) is 0 Å². The standard InChI is InChI=1S/C19H28N2O2/c1-2-23-19(22)17-9-6-11-21(14-17)18-10-12-20(15-18)13-16-7-4-3-5-8-16/h3-5,7-8,17-18H,2,6,9-15H2,1H3. The van der Waals surface area contributed by atoms with Crippen LogP contribution in [-0.2, 0) is 16.1 Å². The molecule has 2 unspecified atom stereocenters. The van der Waals surface area contributed by atoms with Crippen LogP contribution in [0.1, 0.15) is 31.7 Å². The number of piperidine rings is 1. The lowest BCUT2D eigenvalue weighted by Gasteiger charge is -2.35. The number of nitrogens with zero attached hydrogens (tertiary/aromatic N) is 2. The van der Waals surface area contributed by atoms with Gasteiger partial charge in [0.15, 0.2) is 0 Å². The zero-order valence-electron chi connectivity index (χ0n) is 14.1. The molecule has 2 heterocycles. The number of rotatable bonds is 5. The number of carbonyl (C=O) groups excluding carboxylic acids is 1. The first-order chi connectivity index (χ1) is 11.3. The molecule has 0 saturated carbocycles. The maximum atomic E-state index is 12.0. The summed E-state index contributed by atoms with van der Waals surface area (Å²) in [5.74, 6) is 0.0724. The number of ether oxygens (including phenoxy) is 1. The van der Waals surface area contributed by atoms with E-state index in [1.807, 2.05) is 6.92 Å². The number of benzene rings is 1. The van der Waals surface area contributed by atoms with Gasteiger partial charge in [0.25, 0.3) is 0 Å². The molecular formula is C19H28N2O2. The first-order valence-corrected chi connectivity index (χ1v) is 8.93. The molecule has 4 nitrogen and oxygen atoms in total. The monoisotopic (exact) mass is 316 g/mol. The van der Waals surface area contributed by atoms with Crippen LogP contribution in [0.2, 0.25) is 0 Å². The molecule has 2 atom stereocenters. The lowest BCUT2D eigenvalue weighted by Crippen LogP contribution is -2.46. The van der Waals surface area contributed by atoms with E-state index in [-0.39, 0.29) is 11.9 Å². The van der Waals surface area contributed by atoms with Crippen molar-refractivity contribution >= 4 is 5.97 Å². The van der Waals surface area contributed by atoms with Crippen LogP contribution in [0.3, 0.4) is 0 Å². The van der Waals surface area contributed by atoms with Gasteiger partial charge in [-0.2, -0.15) is 0 Å². The Bertz CT molecular complexity index is 505. The molecular weight excluding hydrogens is 288 g/mol. The summed E-state index contributed by atoms with van der Waals surface area (Å²) in [4.78, 5) is 17.1. The molecule has 4 heteroatoms. The smallest absolute Gasteiger partial charge is 0.310 e. The number of hydrogen-bond acceptors (Lipinski definition) is 4. The predicted octanol–water partition coefficient (Wildman–Crippen LogP) is 2.54. The van der Waals surface area contributed by atoms with Crippen molar-refractivity contribution in [3.63, 3.8) is 0 Å². The molecule has 0 bridgehead atoms. The van der Waals surface area contributed by atoms with Gasteiger partial charge in [0.1, 0.15) is 0 Å². The molecule has 126 valence electrons. The summed E-state index contributed by atoms with van der Waals surface area (Å²) in [5, 5.41) is 0. The van der Waals surface area contributed by atoms with Gasteiger partial charge in [-0.3, -0.25) is 14.6 Å². The van der Waals surface area contributed by atoms with Crippen molar-refractivity contribution in [3.05, 3.63) is 35.9 Å². The minimum atomic E-state index is -0.00339. The Labute approximate surface area is 139 Å². The van der Waals surface area contributed by atoms with Crippen molar-refractivity contribution in [2.45, 2.75) is 38.8 Å². The van der Waals surface area contributed by atoms with Crippen molar-refractivity contribution in [2.24, 2.45) is 5.92 Å². The Morgan fingerprint density at radius 3 is 2.78 bits per heavy atom. The van der Waals surface area contributed by atoms with Crippen molar-refractivity contribution in [3.8, 4) is 0 Å². The van der Waals surface area contributed by atoms with Gasteiger partial charge >= 0.3 is 5.97 Å². The molecule has 0 aliphatic carbocycles. The zero-order valence-corrected chi connectivity index (χ0v) is 14.1. The summed E-state index contributed by atoms with van der Waals surface area (Å²) in [5.41, 5.74) is 1.39. The lowest BCUT2D eigenvalue weighted by molar-refractivity contribution is -0.150. The molecule has 0 N–H and O–H groups in total. The SMILES string of the molecule is CCOC(=O)C1CCCN(C2CCN(Cc3ccccc3)C2)C1. The minimum absolute atomic E-state index is 0.00339. The van der Waals surface area contributed by atoms with Gasteiger partial charge in [0.05, 0.1) is 12.5 Å². The molecule has 0 amide bonds. The van der Waals surface area contributed by atoms with E-state index < -0.39 is 0 Å². The number of likely N-dealkylation sites (tertiary alicyclic amines) is 2. The minimum Gasteiger partial charge on any atom is -0.466 e. The highest BCUT2D eigenvalue weighted by atomic mass is 16.5. The third-order valence-electron chi connectivity index (χ3n) is 5.09. The molecule has 2 saturated heterocycles. The summed E-state index contributed by atoms with van der Waals surface area (Å²) in [6.45, 7) is 7.68. The highest BCUT2D eigenvalue weighted by Gasteiger charge is 2.33. The third-order valence-corrected chi connectivity index (χ3v) is 5.09. The average Bonchev–Trinajstić information content (AvgIpc) is 3.05. The van der Waals surface area contributed by atoms with Crippen LogP contribution >= 0.6 is 0 Å². The summed E-state index contributed by atoms with van der Waals surface area (Å²) in [7, 11) is 0. The fourth-order valence-electron chi connectivity index (χ4n) is 3.89. The van der Waals surface area contributed by atoms with E-state index in [9.17, 15) is 4.79 Å². The molecule has 1 aromatic rings. The second-order valence-electron chi connectivity index (χ2n) is 6.75.